The third-order valence-corrected chi connectivity index (χ3v) is 11.7. The molecule has 0 bridgehead atoms. The summed E-state index contributed by atoms with van der Waals surface area (Å²) >= 11 is 0. The van der Waals surface area contributed by atoms with E-state index in [1.807, 2.05) is 12.1 Å². The quantitative estimate of drug-likeness (QED) is 0.153. The predicted molar refractivity (Wildman–Crippen MR) is 253 cm³/mol. The van der Waals surface area contributed by atoms with Crippen molar-refractivity contribution in [1.82, 2.24) is 0 Å². The number of furan rings is 1. The molecular weight excluding hydrogens is 727 g/mol. The second-order valence-electron chi connectivity index (χ2n) is 15.3. The van der Waals surface area contributed by atoms with Crippen molar-refractivity contribution in [3.63, 3.8) is 0 Å². The van der Waals surface area contributed by atoms with Gasteiger partial charge in [-0.25, -0.2) is 0 Å². The molecule has 2 heteroatoms. The molecule has 60 heavy (non-hydrogen) atoms. The van der Waals surface area contributed by atoms with E-state index in [-0.39, 0.29) is 0 Å². The Morgan fingerprint density at radius 1 is 0.267 bits per heavy atom. The summed E-state index contributed by atoms with van der Waals surface area (Å²) in [5, 5.41) is 4.67. The largest absolute Gasteiger partial charge is 0.456 e. The molecule has 0 spiro atoms. The Hall–Kier alpha value is -7.94. The van der Waals surface area contributed by atoms with Crippen LogP contribution in [0.5, 0.6) is 0 Å². The number of benzene rings is 10. The van der Waals surface area contributed by atoms with Crippen LogP contribution in [0.3, 0.4) is 0 Å². The molecule has 0 N–H and O–H groups in total. The van der Waals surface area contributed by atoms with Crippen LogP contribution in [0.2, 0.25) is 0 Å². The monoisotopic (exact) mass is 765 g/mol. The van der Waals surface area contributed by atoms with Gasteiger partial charge >= 0.3 is 0 Å². The molecule has 11 aromatic rings. The molecule has 0 unspecified atom stereocenters. The van der Waals surface area contributed by atoms with E-state index in [0.29, 0.717) is 0 Å². The minimum absolute atomic E-state index is 0.873. The van der Waals surface area contributed by atoms with E-state index in [1.54, 1.807) is 0 Å². The number of nitrogens with zero attached hydrogens (tertiary/aromatic N) is 1. The minimum Gasteiger partial charge on any atom is -0.456 e. The minimum atomic E-state index is 0.873. The summed E-state index contributed by atoms with van der Waals surface area (Å²) < 4.78 is 6.32. The molecule has 0 atom stereocenters. The number of fused-ring (bicyclic) bond motifs is 4. The average molecular weight is 766 g/mol. The standard InChI is InChI=1S/C58H39NO/c1-3-15-40(16-4-1)46-31-35-51(54(38-46)43-18-5-2-6-19-43)49-21-9-10-22-50(49)52-23-11-13-25-56(52)59(48-34-36-58-55(39-48)53-24-12-14-26-57(53)60-58)47-32-29-42(30-33-47)45-28-27-41-17-7-8-20-44(41)37-45/h1-39H. The van der Waals surface area contributed by atoms with Gasteiger partial charge in [0.2, 0.25) is 0 Å². The number of hydrogen-bond donors (Lipinski definition) is 0. The fourth-order valence-electron chi connectivity index (χ4n) is 8.75. The highest BCUT2D eigenvalue weighted by Crippen LogP contribution is 2.47. The van der Waals surface area contributed by atoms with Crippen molar-refractivity contribution in [3.05, 3.63) is 237 Å². The zero-order valence-corrected chi connectivity index (χ0v) is 32.9. The van der Waals surface area contributed by atoms with E-state index >= 15 is 0 Å². The molecule has 1 aromatic heterocycles. The van der Waals surface area contributed by atoms with Crippen LogP contribution in [0.25, 0.3) is 88.3 Å². The smallest absolute Gasteiger partial charge is 0.135 e. The van der Waals surface area contributed by atoms with Gasteiger partial charge in [0, 0.05) is 27.7 Å². The Morgan fingerprint density at radius 2 is 0.800 bits per heavy atom. The van der Waals surface area contributed by atoms with E-state index in [4.69, 9.17) is 4.42 Å². The van der Waals surface area contributed by atoms with Crippen LogP contribution in [0, 0.1) is 0 Å². The van der Waals surface area contributed by atoms with Crippen LogP contribution in [-0.2, 0) is 0 Å². The molecule has 2 nitrogen and oxygen atoms in total. The van der Waals surface area contributed by atoms with Crippen molar-refractivity contribution >= 4 is 49.8 Å². The maximum Gasteiger partial charge on any atom is 0.135 e. The zero-order valence-electron chi connectivity index (χ0n) is 32.9. The lowest BCUT2D eigenvalue weighted by Crippen LogP contribution is -2.11. The maximum atomic E-state index is 6.32. The van der Waals surface area contributed by atoms with Gasteiger partial charge in [0.1, 0.15) is 11.2 Å². The topological polar surface area (TPSA) is 16.4 Å². The number of rotatable bonds is 8. The molecule has 1 heterocycles. The molecule has 11 rings (SSSR count). The van der Waals surface area contributed by atoms with Crippen molar-refractivity contribution < 1.29 is 4.42 Å². The third-order valence-electron chi connectivity index (χ3n) is 11.7. The van der Waals surface area contributed by atoms with Crippen LogP contribution in [0.1, 0.15) is 0 Å². The molecular formula is C58H39NO. The van der Waals surface area contributed by atoms with Crippen LogP contribution in [0.4, 0.5) is 17.1 Å². The second-order valence-corrected chi connectivity index (χ2v) is 15.3. The Balaban J connectivity index is 1.09. The first-order chi connectivity index (χ1) is 29.7. The Bertz CT molecular complexity index is 3310. The molecule has 282 valence electrons. The highest BCUT2D eigenvalue weighted by molar-refractivity contribution is 6.07. The van der Waals surface area contributed by atoms with Crippen molar-refractivity contribution in [1.29, 1.82) is 0 Å². The van der Waals surface area contributed by atoms with Gasteiger partial charge < -0.3 is 9.32 Å². The first-order valence-electron chi connectivity index (χ1n) is 20.5. The first-order valence-corrected chi connectivity index (χ1v) is 20.5. The van der Waals surface area contributed by atoms with Crippen LogP contribution < -0.4 is 4.90 Å². The van der Waals surface area contributed by atoms with Crippen LogP contribution >= 0.6 is 0 Å². The van der Waals surface area contributed by atoms with Gasteiger partial charge in [-0.2, -0.15) is 0 Å². The van der Waals surface area contributed by atoms with Gasteiger partial charge in [-0.3, -0.25) is 0 Å². The first kappa shape index (κ1) is 35.2. The molecule has 0 aliphatic carbocycles. The normalized spacial score (nSPS) is 11.3. The summed E-state index contributed by atoms with van der Waals surface area (Å²) in [6.07, 6.45) is 0. The van der Waals surface area contributed by atoms with E-state index in [2.05, 4.69) is 229 Å². The Labute approximate surface area is 349 Å². The molecule has 0 amide bonds. The average Bonchev–Trinajstić information content (AvgIpc) is 3.70. The van der Waals surface area contributed by atoms with E-state index in [1.165, 1.54) is 55.3 Å². The van der Waals surface area contributed by atoms with Gasteiger partial charge in [-0.1, -0.05) is 182 Å². The second kappa shape index (κ2) is 15.1. The molecule has 0 saturated heterocycles. The highest BCUT2D eigenvalue weighted by Gasteiger charge is 2.22. The van der Waals surface area contributed by atoms with Gasteiger partial charge in [0.15, 0.2) is 0 Å². The van der Waals surface area contributed by atoms with Crippen LogP contribution in [0.15, 0.2) is 241 Å². The summed E-state index contributed by atoms with van der Waals surface area (Å²) in [6.45, 7) is 0. The fourth-order valence-corrected chi connectivity index (χ4v) is 8.75. The number of anilines is 3. The predicted octanol–water partition coefficient (Wildman–Crippen LogP) is 16.5. The number of hydrogen-bond acceptors (Lipinski definition) is 2. The maximum absolute atomic E-state index is 6.32. The summed E-state index contributed by atoms with van der Waals surface area (Å²) in [5.74, 6) is 0. The molecule has 0 fully saturated rings. The zero-order chi connectivity index (χ0) is 39.8. The molecule has 0 saturated carbocycles. The van der Waals surface area contributed by atoms with Gasteiger partial charge in [-0.15, -0.1) is 0 Å². The van der Waals surface area contributed by atoms with Crippen molar-refractivity contribution in [2.75, 3.05) is 4.90 Å². The molecule has 0 aliphatic heterocycles. The van der Waals surface area contributed by atoms with Crippen molar-refractivity contribution in [2.24, 2.45) is 0 Å². The van der Waals surface area contributed by atoms with Gasteiger partial charge in [-0.05, 0) is 115 Å². The summed E-state index contributed by atoms with van der Waals surface area (Å²) in [4.78, 5) is 2.40. The van der Waals surface area contributed by atoms with E-state index in [0.717, 1.165) is 50.1 Å². The van der Waals surface area contributed by atoms with Crippen molar-refractivity contribution in [3.8, 4) is 55.6 Å². The highest BCUT2D eigenvalue weighted by atomic mass is 16.3. The molecule has 0 radical (unpaired) electrons. The summed E-state index contributed by atoms with van der Waals surface area (Å²) in [5.41, 5.74) is 16.7. The lowest BCUT2D eigenvalue weighted by Gasteiger charge is -2.29. The number of para-hydroxylation sites is 2. The fraction of sp³-hybridized carbons (Fsp3) is 0. The Kier molecular flexibility index (Phi) is 8.87. The molecule has 0 aliphatic rings. The van der Waals surface area contributed by atoms with E-state index in [9.17, 15) is 0 Å². The summed E-state index contributed by atoms with van der Waals surface area (Å²) in [6, 6.07) is 85.0. The Morgan fingerprint density at radius 3 is 1.60 bits per heavy atom. The SMILES string of the molecule is c1ccc(-c2ccc(-c3ccccc3-c3ccccc3N(c3ccc(-c4ccc5ccccc5c4)cc3)c3ccc4oc5ccccc5c4c3)c(-c3ccccc3)c2)cc1. The summed E-state index contributed by atoms with van der Waals surface area (Å²) in [7, 11) is 0. The van der Waals surface area contributed by atoms with E-state index < -0.39 is 0 Å². The van der Waals surface area contributed by atoms with Gasteiger partial charge in [0.25, 0.3) is 0 Å². The van der Waals surface area contributed by atoms with Crippen molar-refractivity contribution in [2.45, 2.75) is 0 Å². The lowest BCUT2D eigenvalue weighted by atomic mass is 9.87. The lowest BCUT2D eigenvalue weighted by molar-refractivity contribution is 0.669. The molecule has 10 aromatic carbocycles. The van der Waals surface area contributed by atoms with Gasteiger partial charge in [0.05, 0.1) is 5.69 Å². The van der Waals surface area contributed by atoms with Crippen LogP contribution in [-0.4, -0.2) is 0 Å². The third kappa shape index (κ3) is 6.41.